The van der Waals surface area contributed by atoms with Gasteiger partial charge in [0.2, 0.25) is 0 Å². The molecule has 0 saturated carbocycles. The van der Waals surface area contributed by atoms with Crippen LogP contribution >= 0.6 is 0 Å². The molecule has 0 radical (unpaired) electrons. The van der Waals surface area contributed by atoms with E-state index in [0.29, 0.717) is 50.0 Å². The smallest absolute Gasteiger partial charge is 0.276 e. The summed E-state index contributed by atoms with van der Waals surface area (Å²) in [5.41, 5.74) is 1.08. The number of amides is 1. The van der Waals surface area contributed by atoms with Crippen LogP contribution in [-0.2, 0) is 13.0 Å². The Labute approximate surface area is 185 Å². The Morgan fingerprint density at radius 2 is 1.81 bits per heavy atom. The van der Waals surface area contributed by atoms with Crippen molar-refractivity contribution >= 4 is 5.91 Å². The minimum Gasteiger partial charge on any atom is -0.486 e. The topological polar surface area (TPSA) is 69.5 Å². The van der Waals surface area contributed by atoms with Gasteiger partial charge in [-0.05, 0) is 48.9 Å². The Hall–Kier alpha value is -3.42. The summed E-state index contributed by atoms with van der Waals surface area (Å²) in [6.07, 6.45) is 3.86. The second kappa shape index (κ2) is 8.98. The highest BCUT2D eigenvalue weighted by Gasteiger charge is 2.27. The van der Waals surface area contributed by atoms with E-state index in [-0.39, 0.29) is 17.8 Å². The zero-order chi connectivity index (χ0) is 21.9. The van der Waals surface area contributed by atoms with E-state index in [0.717, 1.165) is 24.2 Å². The van der Waals surface area contributed by atoms with Crippen molar-refractivity contribution in [3.8, 4) is 11.5 Å². The van der Waals surface area contributed by atoms with Gasteiger partial charge in [-0.25, -0.2) is 9.07 Å². The highest BCUT2D eigenvalue weighted by atomic mass is 19.1. The molecule has 1 fully saturated rings. The van der Waals surface area contributed by atoms with Gasteiger partial charge >= 0.3 is 0 Å². The molecule has 2 aliphatic rings. The largest absolute Gasteiger partial charge is 0.486 e. The maximum atomic E-state index is 13.9. The first kappa shape index (κ1) is 20.5. The maximum Gasteiger partial charge on any atom is 0.276 e. The number of carbonyl (C=O) groups excluding carboxylic acids is 1. The van der Waals surface area contributed by atoms with E-state index >= 15 is 0 Å². The Kier molecular flexibility index (Phi) is 5.75. The van der Waals surface area contributed by atoms with E-state index in [9.17, 15) is 9.18 Å². The predicted octanol–water partition coefficient (Wildman–Crippen LogP) is 3.35. The fourth-order valence-corrected chi connectivity index (χ4v) is 4.32. The van der Waals surface area contributed by atoms with Crippen LogP contribution in [0.4, 0.5) is 4.39 Å². The summed E-state index contributed by atoms with van der Waals surface area (Å²) in [5, 5.41) is 8.18. The number of carbonyl (C=O) groups is 1. The maximum absolute atomic E-state index is 13.9. The van der Waals surface area contributed by atoms with Crippen LogP contribution in [0, 0.1) is 11.7 Å². The molecule has 0 bridgehead atoms. The van der Waals surface area contributed by atoms with E-state index in [1.54, 1.807) is 16.9 Å². The van der Waals surface area contributed by atoms with E-state index < -0.39 is 0 Å². The second-order valence-electron chi connectivity index (χ2n) is 8.35. The standard InChI is InChI=1S/C24H25FN4O3/c25-20-6-2-1-5-18(20)13-17-9-11-28(12-10-17)24(30)21-15-29(27-26-21)14-19-16-31-22-7-3-4-8-23(22)32-19/h1-8,15,17,19H,9-14,16H2. The van der Waals surface area contributed by atoms with Gasteiger partial charge in [-0.15, -0.1) is 5.10 Å². The van der Waals surface area contributed by atoms with Crippen LogP contribution < -0.4 is 9.47 Å². The van der Waals surface area contributed by atoms with Crippen molar-refractivity contribution in [2.45, 2.75) is 31.9 Å². The first-order chi connectivity index (χ1) is 15.7. The SMILES string of the molecule is O=C(c1cn(CC2COc3ccccc3O2)nn1)N1CCC(Cc2ccccc2F)CC1. The molecular weight excluding hydrogens is 411 g/mol. The van der Waals surface area contributed by atoms with Crippen LogP contribution in [0.15, 0.2) is 54.7 Å². The number of likely N-dealkylation sites (tertiary alicyclic amines) is 1. The molecule has 8 heteroatoms. The first-order valence-electron chi connectivity index (χ1n) is 11.0. The van der Waals surface area contributed by atoms with E-state index in [2.05, 4.69) is 10.3 Å². The minimum atomic E-state index is -0.205. The molecule has 3 heterocycles. The van der Waals surface area contributed by atoms with Gasteiger partial charge in [-0.1, -0.05) is 35.5 Å². The number of nitrogens with zero attached hydrogens (tertiary/aromatic N) is 4. The molecule has 1 aromatic heterocycles. The predicted molar refractivity (Wildman–Crippen MR) is 115 cm³/mol. The summed E-state index contributed by atoms with van der Waals surface area (Å²) in [6.45, 7) is 2.14. The van der Waals surface area contributed by atoms with Crippen molar-refractivity contribution < 1.29 is 18.7 Å². The summed E-state index contributed by atoms with van der Waals surface area (Å²) in [4.78, 5) is 14.7. The fraction of sp³-hybridized carbons (Fsp3) is 0.375. The van der Waals surface area contributed by atoms with Gasteiger partial charge < -0.3 is 14.4 Å². The van der Waals surface area contributed by atoms with Gasteiger partial charge in [0.25, 0.3) is 5.91 Å². The second-order valence-corrected chi connectivity index (χ2v) is 8.35. The van der Waals surface area contributed by atoms with E-state index in [4.69, 9.17) is 9.47 Å². The lowest BCUT2D eigenvalue weighted by molar-refractivity contribution is 0.0683. The zero-order valence-corrected chi connectivity index (χ0v) is 17.7. The molecule has 1 saturated heterocycles. The number of rotatable bonds is 5. The molecule has 1 unspecified atom stereocenters. The molecule has 166 valence electrons. The molecule has 0 aliphatic carbocycles. The van der Waals surface area contributed by atoms with Gasteiger partial charge in [0.15, 0.2) is 23.3 Å². The van der Waals surface area contributed by atoms with Crippen molar-refractivity contribution in [2.75, 3.05) is 19.7 Å². The van der Waals surface area contributed by atoms with Gasteiger partial charge in [0.1, 0.15) is 12.4 Å². The average molecular weight is 436 g/mol. The molecule has 1 atom stereocenters. The number of ether oxygens (including phenoxy) is 2. The quantitative estimate of drug-likeness (QED) is 0.614. The van der Waals surface area contributed by atoms with Crippen LogP contribution in [0.3, 0.4) is 0 Å². The number of aromatic nitrogens is 3. The summed E-state index contributed by atoms with van der Waals surface area (Å²) in [5.74, 6) is 1.54. The lowest BCUT2D eigenvalue weighted by Crippen LogP contribution is -2.39. The third kappa shape index (κ3) is 4.44. The molecule has 32 heavy (non-hydrogen) atoms. The summed E-state index contributed by atoms with van der Waals surface area (Å²) in [7, 11) is 0. The number of halogens is 1. The van der Waals surface area contributed by atoms with Crippen molar-refractivity contribution in [1.29, 1.82) is 0 Å². The molecule has 0 N–H and O–H groups in total. The number of para-hydroxylation sites is 2. The van der Waals surface area contributed by atoms with Gasteiger partial charge in [-0.3, -0.25) is 4.79 Å². The molecule has 2 aromatic carbocycles. The zero-order valence-electron chi connectivity index (χ0n) is 17.7. The molecule has 0 spiro atoms. The molecule has 7 nitrogen and oxygen atoms in total. The van der Waals surface area contributed by atoms with Crippen molar-refractivity contribution in [2.24, 2.45) is 5.92 Å². The minimum absolute atomic E-state index is 0.119. The number of piperidine rings is 1. The van der Waals surface area contributed by atoms with Crippen LogP contribution in [0.5, 0.6) is 11.5 Å². The van der Waals surface area contributed by atoms with Gasteiger partial charge in [0, 0.05) is 13.1 Å². The van der Waals surface area contributed by atoms with Crippen LogP contribution in [0.2, 0.25) is 0 Å². The van der Waals surface area contributed by atoms with Crippen LogP contribution in [-0.4, -0.2) is 51.6 Å². The van der Waals surface area contributed by atoms with E-state index in [1.807, 2.05) is 41.3 Å². The monoisotopic (exact) mass is 436 g/mol. The number of benzene rings is 2. The third-order valence-electron chi connectivity index (χ3n) is 6.08. The first-order valence-corrected chi connectivity index (χ1v) is 11.0. The molecule has 2 aliphatic heterocycles. The number of hydrogen-bond donors (Lipinski definition) is 0. The molecule has 3 aromatic rings. The van der Waals surface area contributed by atoms with Crippen molar-refractivity contribution in [1.82, 2.24) is 19.9 Å². The van der Waals surface area contributed by atoms with Gasteiger partial charge in [0.05, 0.1) is 12.7 Å². The molecule has 1 amide bonds. The van der Waals surface area contributed by atoms with E-state index in [1.165, 1.54) is 6.07 Å². The summed E-state index contributed by atoms with van der Waals surface area (Å²) in [6, 6.07) is 14.5. The Morgan fingerprint density at radius 1 is 1.06 bits per heavy atom. The highest BCUT2D eigenvalue weighted by molar-refractivity contribution is 5.92. The van der Waals surface area contributed by atoms with Crippen LogP contribution in [0.1, 0.15) is 28.9 Å². The fourth-order valence-electron chi connectivity index (χ4n) is 4.32. The lowest BCUT2D eigenvalue weighted by atomic mass is 9.90. The van der Waals surface area contributed by atoms with Crippen molar-refractivity contribution in [3.05, 3.63) is 71.8 Å². The Balaban J connectivity index is 1.14. The lowest BCUT2D eigenvalue weighted by Gasteiger charge is -2.31. The Bertz CT molecular complexity index is 1090. The van der Waals surface area contributed by atoms with Crippen LogP contribution in [0.25, 0.3) is 0 Å². The van der Waals surface area contributed by atoms with Gasteiger partial charge in [-0.2, -0.15) is 0 Å². The van der Waals surface area contributed by atoms with Crippen molar-refractivity contribution in [3.63, 3.8) is 0 Å². The molecular formula is C24H25FN4O3. The normalized spacial score (nSPS) is 18.5. The number of hydrogen-bond acceptors (Lipinski definition) is 5. The summed E-state index contributed by atoms with van der Waals surface area (Å²) < 4.78 is 27.2. The Morgan fingerprint density at radius 3 is 2.62 bits per heavy atom. The third-order valence-corrected chi connectivity index (χ3v) is 6.08. The highest BCUT2D eigenvalue weighted by Crippen LogP contribution is 2.31. The summed E-state index contributed by atoms with van der Waals surface area (Å²) >= 11 is 0. The average Bonchev–Trinajstić information content (AvgIpc) is 3.29. The molecule has 5 rings (SSSR count). The number of fused-ring (bicyclic) bond motifs is 1.